The molecule has 1 rings (SSSR count). The fraction of sp³-hybridized carbons (Fsp3) is 0.750. The van der Waals surface area contributed by atoms with Crippen LogP contribution in [-0.4, -0.2) is 67.8 Å². The summed E-state index contributed by atoms with van der Waals surface area (Å²) in [5, 5.41) is 0. The summed E-state index contributed by atoms with van der Waals surface area (Å²) >= 11 is 0. The molecular weight excluding hydrogens is 234 g/mol. The van der Waals surface area contributed by atoms with E-state index in [1.165, 1.54) is 0 Å². The van der Waals surface area contributed by atoms with Gasteiger partial charge in [-0.25, -0.2) is 4.79 Å². The van der Waals surface area contributed by atoms with Crippen molar-refractivity contribution in [2.75, 3.05) is 33.8 Å². The van der Waals surface area contributed by atoms with E-state index in [1.54, 1.807) is 23.1 Å². The molecule has 0 bridgehead atoms. The van der Waals surface area contributed by atoms with Gasteiger partial charge in [0.1, 0.15) is 12.6 Å². The molecular formula is C12H21N3O3. The van der Waals surface area contributed by atoms with Crippen LogP contribution in [0.25, 0.3) is 0 Å². The van der Waals surface area contributed by atoms with Gasteiger partial charge < -0.3 is 14.5 Å². The molecule has 1 fully saturated rings. The second kappa shape index (κ2) is 6.98. The van der Waals surface area contributed by atoms with E-state index in [1.807, 2.05) is 14.1 Å². The molecule has 0 aliphatic carbocycles. The molecule has 0 aromatic rings. The topological polar surface area (TPSA) is 62.2 Å². The lowest BCUT2D eigenvalue weighted by atomic mass is 10.2. The number of ether oxygens (including phenoxy) is 1. The SMILES string of the molecule is CCOC(=O)C1CCCN1C(=O)CN=CN(C)C. The van der Waals surface area contributed by atoms with Crippen molar-refractivity contribution in [1.82, 2.24) is 9.80 Å². The first kappa shape index (κ1) is 14.5. The van der Waals surface area contributed by atoms with Crippen LogP contribution in [-0.2, 0) is 14.3 Å². The van der Waals surface area contributed by atoms with E-state index in [0.29, 0.717) is 19.6 Å². The minimum absolute atomic E-state index is 0.0775. The van der Waals surface area contributed by atoms with Crippen molar-refractivity contribution in [3.63, 3.8) is 0 Å². The number of hydrogen-bond donors (Lipinski definition) is 0. The number of rotatable bonds is 5. The Hall–Kier alpha value is -1.59. The number of likely N-dealkylation sites (tertiary alicyclic amines) is 1. The highest BCUT2D eigenvalue weighted by Gasteiger charge is 2.34. The summed E-state index contributed by atoms with van der Waals surface area (Å²) < 4.78 is 4.97. The van der Waals surface area contributed by atoms with Crippen molar-refractivity contribution in [3.8, 4) is 0 Å². The Balaban J connectivity index is 2.53. The summed E-state index contributed by atoms with van der Waals surface area (Å²) in [7, 11) is 3.68. The number of carbonyl (C=O) groups excluding carboxylic acids is 2. The minimum atomic E-state index is -0.424. The number of nitrogens with zero attached hydrogens (tertiary/aromatic N) is 3. The summed E-state index contributed by atoms with van der Waals surface area (Å²) in [5.41, 5.74) is 0. The summed E-state index contributed by atoms with van der Waals surface area (Å²) in [4.78, 5) is 31.0. The number of hydrogen-bond acceptors (Lipinski definition) is 4. The predicted octanol–water partition coefficient (Wildman–Crippen LogP) is 0.130. The van der Waals surface area contributed by atoms with E-state index in [2.05, 4.69) is 4.99 Å². The van der Waals surface area contributed by atoms with Gasteiger partial charge in [0.2, 0.25) is 5.91 Å². The Labute approximate surface area is 108 Å². The molecule has 1 saturated heterocycles. The summed E-state index contributed by atoms with van der Waals surface area (Å²) in [6, 6.07) is -0.424. The zero-order valence-electron chi connectivity index (χ0n) is 11.3. The average Bonchev–Trinajstić information content (AvgIpc) is 2.77. The van der Waals surface area contributed by atoms with Gasteiger partial charge in [0.25, 0.3) is 0 Å². The average molecular weight is 255 g/mol. The van der Waals surface area contributed by atoms with Gasteiger partial charge in [-0.05, 0) is 19.8 Å². The van der Waals surface area contributed by atoms with Gasteiger partial charge in [-0.2, -0.15) is 0 Å². The van der Waals surface area contributed by atoms with E-state index in [9.17, 15) is 9.59 Å². The van der Waals surface area contributed by atoms with Crippen LogP contribution < -0.4 is 0 Å². The Bertz CT molecular complexity index is 329. The lowest BCUT2D eigenvalue weighted by Crippen LogP contribution is -2.42. The first-order valence-corrected chi connectivity index (χ1v) is 6.18. The highest BCUT2D eigenvalue weighted by molar-refractivity contribution is 5.86. The Morgan fingerprint density at radius 1 is 1.50 bits per heavy atom. The summed E-state index contributed by atoms with van der Waals surface area (Å²) in [6.07, 6.45) is 3.11. The lowest BCUT2D eigenvalue weighted by molar-refractivity contribution is -0.152. The standard InChI is InChI=1S/C12H21N3O3/c1-4-18-12(17)10-6-5-7-15(10)11(16)8-13-9-14(2)3/h9-10H,4-8H2,1-3H3. The number of esters is 1. The molecule has 18 heavy (non-hydrogen) atoms. The summed E-state index contributed by atoms with van der Waals surface area (Å²) in [6.45, 7) is 2.80. The molecule has 1 aliphatic heterocycles. The highest BCUT2D eigenvalue weighted by atomic mass is 16.5. The van der Waals surface area contributed by atoms with E-state index < -0.39 is 6.04 Å². The quantitative estimate of drug-likeness (QED) is 0.398. The van der Waals surface area contributed by atoms with Crippen molar-refractivity contribution in [2.24, 2.45) is 4.99 Å². The molecule has 0 spiro atoms. The smallest absolute Gasteiger partial charge is 0.328 e. The van der Waals surface area contributed by atoms with E-state index in [0.717, 1.165) is 6.42 Å². The van der Waals surface area contributed by atoms with Crippen LogP contribution in [0.4, 0.5) is 0 Å². The highest BCUT2D eigenvalue weighted by Crippen LogP contribution is 2.18. The molecule has 1 amide bonds. The molecule has 1 aliphatic rings. The third kappa shape index (κ3) is 4.01. The van der Waals surface area contributed by atoms with Crippen LogP contribution in [0.1, 0.15) is 19.8 Å². The maximum absolute atomic E-state index is 11.9. The van der Waals surface area contributed by atoms with Crippen LogP contribution >= 0.6 is 0 Å². The number of aliphatic imine (C=N–C) groups is 1. The number of amides is 1. The monoisotopic (exact) mass is 255 g/mol. The molecule has 6 heteroatoms. The number of carbonyl (C=O) groups is 2. The Morgan fingerprint density at radius 3 is 2.83 bits per heavy atom. The molecule has 1 atom stereocenters. The summed E-state index contributed by atoms with van der Waals surface area (Å²) in [5.74, 6) is -0.427. The van der Waals surface area contributed by atoms with E-state index in [-0.39, 0.29) is 18.4 Å². The van der Waals surface area contributed by atoms with Gasteiger partial charge in [-0.1, -0.05) is 0 Å². The van der Waals surface area contributed by atoms with Crippen molar-refractivity contribution < 1.29 is 14.3 Å². The molecule has 6 nitrogen and oxygen atoms in total. The van der Waals surface area contributed by atoms with Crippen molar-refractivity contribution in [2.45, 2.75) is 25.8 Å². The lowest BCUT2D eigenvalue weighted by Gasteiger charge is -2.22. The van der Waals surface area contributed by atoms with Crippen molar-refractivity contribution in [1.29, 1.82) is 0 Å². The first-order chi connectivity index (χ1) is 8.56. The van der Waals surface area contributed by atoms with Gasteiger partial charge >= 0.3 is 5.97 Å². The molecule has 0 radical (unpaired) electrons. The molecule has 1 unspecified atom stereocenters. The normalized spacial score (nSPS) is 19.3. The van der Waals surface area contributed by atoms with Crippen molar-refractivity contribution >= 4 is 18.2 Å². The van der Waals surface area contributed by atoms with Gasteiger partial charge in [-0.15, -0.1) is 0 Å². The minimum Gasteiger partial charge on any atom is -0.464 e. The van der Waals surface area contributed by atoms with Crippen LogP contribution in [0.15, 0.2) is 4.99 Å². The third-order valence-corrected chi connectivity index (χ3v) is 2.67. The van der Waals surface area contributed by atoms with Crippen LogP contribution in [0.5, 0.6) is 0 Å². The largest absolute Gasteiger partial charge is 0.464 e. The van der Waals surface area contributed by atoms with Crippen molar-refractivity contribution in [3.05, 3.63) is 0 Å². The zero-order valence-corrected chi connectivity index (χ0v) is 11.3. The van der Waals surface area contributed by atoms with Gasteiger partial charge in [0, 0.05) is 20.6 Å². The van der Waals surface area contributed by atoms with Crippen LogP contribution in [0.3, 0.4) is 0 Å². The predicted molar refractivity (Wildman–Crippen MR) is 68.4 cm³/mol. The Morgan fingerprint density at radius 2 is 2.22 bits per heavy atom. The van der Waals surface area contributed by atoms with Gasteiger partial charge in [0.15, 0.2) is 0 Å². The first-order valence-electron chi connectivity index (χ1n) is 6.18. The van der Waals surface area contributed by atoms with E-state index in [4.69, 9.17) is 4.74 Å². The molecule has 1 heterocycles. The molecule has 0 saturated carbocycles. The van der Waals surface area contributed by atoms with Gasteiger partial charge in [0.05, 0.1) is 12.9 Å². The maximum Gasteiger partial charge on any atom is 0.328 e. The second-order valence-corrected chi connectivity index (χ2v) is 4.42. The van der Waals surface area contributed by atoms with Crippen LogP contribution in [0.2, 0.25) is 0 Å². The molecule has 102 valence electrons. The van der Waals surface area contributed by atoms with E-state index >= 15 is 0 Å². The third-order valence-electron chi connectivity index (χ3n) is 2.67. The zero-order chi connectivity index (χ0) is 13.5. The molecule has 0 N–H and O–H groups in total. The van der Waals surface area contributed by atoms with Gasteiger partial charge in [-0.3, -0.25) is 9.79 Å². The Kier molecular flexibility index (Phi) is 5.61. The van der Waals surface area contributed by atoms with Crippen LogP contribution in [0, 0.1) is 0 Å². The fourth-order valence-electron chi connectivity index (χ4n) is 1.92. The second-order valence-electron chi connectivity index (χ2n) is 4.42. The molecule has 0 aromatic carbocycles. The molecule has 0 aromatic heterocycles. The fourth-order valence-corrected chi connectivity index (χ4v) is 1.92. The maximum atomic E-state index is 11.9.